The molecule has 1 amide bonds. The summed E-state index contributed by atoms with van der Waals surface area (Å²) in [4.78, 5) is 14.7. The summed E-state index contributed by atoms with van der Waals surface area (Å²) in [5, 5.41) is 3.39. The molecule has 0 bridgehead atoms. The van der Waals surface area contributed by atoms with Crippen LogP contribution in [-0.4, -0.2) is 50.2 Å². The van der Waals surface area contributed by atoms with E-state index in [1.807, 2.05) is 0 Å². The van der Waals surface area contributed by atoms with Gasteiger partial charge in [0.05, 0.1) is 0 Å². The standard InChI is InChI=1S/C15H28N2O2/c1-2-9-17(12-13-3-7-16-8-4-13)15(18)14-5-10-19-11-6-14/h13-14,16H,2-12H2,1H3. The maximum atomic E-state index is 12.6. The highest BCUT2D eigenvalue weighted by molar-refractivity contribution is 5.79. The first-order valence-corrected chi connectivity index (χ1v) is 7.88. The summed E-state index contributed by atoms with van der Waals surface area (Å²) in [6.45, 7) is 7.76. The number of carbonyl (C=O) groups excluding carboxylic acids is 1. The Morgan fingerprint density at radius 2 is 1.89 bits per heavy atom. The summed E-state index contributed by atoms with van der Waals surface area (Å²) in [6.07, 6.45) is 5.29. The molecule has 0 aromatic heterocycles. The van der Waals surface area contributed by atoms with Crippen molar-refractivity contribution >= 4 is 5.91 Å². The number of hydrogen-bond acceptors (Lipinski definition) is 3. The maximum absolute atomic E-state index is 12.6. The van der Waals surface area contributed by atoms with Crippen LogP contribution in [0.15, 0.2) is 0 Å². The fourth-order valence-corrected chi connectivity index (χ4v) is 3.14. The van der Waals surface area contributed by atoms with Crippen LogP contribution in [0.2, 0.25) is 0 Å². The molecular weight excluding hydrogens is 240 g/mol. The Labute approximate surface area is 116 Å². The normalized spacial score (nSPS) is 22.4. The lowest BCUT2D eigenvalue weighted by Crippen LogP contribution is -2.43. The number of carbonyl (C=O) groups is 1. The lowest BCUT2D eigenvalue weighted by Gasteiger charge is -2.33. The van der Waals surface area contributed by atoms with E-state index in [2.05, 4.69) is 17.1 Å². The maximum Gasteiger partial charge on any atom is 0.225 e. The Kier molecular flexibility index (Phi) is 6.11. The Bertz CT molecular complexity index is 271. The summed E-state index contributed by atoms with van der Waals surface area (Å²) in [6, 6.07) is 0. The van der Waals surface area contributed by atoms with Crippen molar-refractivity contribution in [3.63, 3.8) is 0 Å². The topological polar surface area (TPSA) is 41.6 Å². The third-order valence-corrected chi connectivity index (χ3v) is 4.31. The summed E-state index contributed by atoms with van der Waals surface area (Å²) in [5.74, 6) is 1.28. The predicted octanol–water partition coefficient (Wildman–Crippen LogP) is 1.65. The molecule has 2 aliphatic heterocycles. The zero-order chi connectivity index (χ0) is 13.5. The minimum Gasteiger partial charge on any atom is -0.381 e. The van der Waals surface area contributed by atoms with Crippen molar-refractivity contribution in [2.45, 2.75) is 39.0 Å². The molecule has 2 heterocycles. The molecule has 0 saturated carbocycles. The van der Waals surface area contributed by atoms with Gasteiger partial charge in [-0.2, -0.15) is 0 Å². The van der Waals surface area contributed by atoms with E-state index < -0.39 is 0 Å². The predicted molar refractivity (Wildman–Crippen MR) is 76.0 cm³/mol. The Morgan fingerprint density at radius 3 is 2.53 bits per heavy atom. The van der Waals surface area contributed by atoms with Gasteiger partial charge in [-0.05, 0) is 51.1 Å². The van der Waals surface area contributed by atoms with Gasteiger partial charge in [-0.15, -0.1) is 0 Å². The van der Waals surface area contributed by atoms with Gasteiger partial charge in [-0.25, -0.2) is 0 Å². The van der Waals surface area contributed by atoms with Crippen molar-refractivity contribution in [3.05, 3.63) is 0 Å². The molecule has 0 atom stereocenters. The third-order valence-electron chi connectivity index (χ3n) is 4.31. The number of nitrogens with one attached hydrogen (secondary N) is 1. The van der Waals surface area contributed by atoms with Gasteiger partial charge >= 0.3 is 0 Å². The molecule has 0 unspecified atom stereocenters. The van der Waals surface area contributed by atoms with E-state index in [9.17, 15) is 4.79 Å². The second-order valence-corrected chi connectivity index (χ2v) is 5.86. The molecule has 0 spiro atoms. The minimum absolute atomic E-state index is 0.210. The van der Waals surface area contributed by atoms with Crippen LogP contribution >= 0.6 is 0 Å². The van der Waals surface area contributed by atoms with E-state index in [-0.39, 0.29) is 5.92 Å². The molecule has 110 valence electrons. The van der Waals surface area contributed by atoms with E-state index in [0.29, 0.717) is 11.8 Å². The number of rotatable bonds is 5. The quantitative estimate of drug-likeness (QED) is 0.824. The lowest BCUT2D eigenvalue weighted by molar-refractivity contribution is -0.139. The zero-order valence-electron chi connectivity index (χ0n) is 12.2. The molecule has 0 aromatic rings. The monoisotopic (exact) mass is 268 g/mol. The minimum atomic E-state index is 0.210. The van der Waals surface area contributed by atoms with Crippen LogP contribution in [0.25, 0.3) is 0 Å². The summed E-state index contributed by atoms with van der Waals surface area (Å²) in [7, 11) is 0. The molecule has 2 saturated heterocycles. The number of hydrogen-bond donors (Lipinski definition) is 1. The highest BCUT2D eigenvalue weighted by atomic mass is 16.5. The van der Waals surface area contributed by atoms with E-state index >= 15 is 0 Å². The molecule has 0 radical (unpaired) electrons. The molecule has 19 heavy (non-hydrogen) atoms. The van der Waals surface area contributed by atoms with Gasteiger partial charge in [0.15, 0.2) is 0 Å². The Morgan fingerprint density at radius 1 is 1.21 bits per heavy atom. The molecule has 0 aliphatic carbocycles. The molecule has 2 rings (SSSR count). The Balaban J connectivity index is 1.87. The number of nitrogens with zero attached hydrogens (tertiary/aromatic N) is 1. The van der Waals surface area contributed by atoms with Gasteiger partial charge in [-0.3, -0.25) is 4.79 Å². The summed E-state index contributed by atoms with van der Waals surface area (Å²) in [5.41, 5.74) is 0. The van der Waals surface area contributed by atoms with Crippen LogP contribution in [-0.2, 0) is 9.53 Å². The summed E-state index contributed by atoms with van der Waals surface area (Å²) < 4.78 is 5.36. The first kappa shape index (κ1) is 14.8. The van der Waals surface area contributed by atoms with Crippen molar-refractivity contribution in [3.8, 4) is 0 Å². The molecule has 2 aliphatic rings. The smallest absolute Gasteiger partial charge is 0.225 e. The number of ether oxygens (including phenoxy) is 1. The fourth-order valence-electron chi connectivity index (χ4n) is 3.14. The van der Waals surface area contributed by atoms with E-state index in [1.54, 1.807) is 0 Å². The van der Waals surface area contributed by atoms with Crippen LogP contribution in [0, 0.1) is 11.8 Å². The molecule has 2 fully saturated rings. The SMILES string of the molecule is CCCN(CC1CCNCC1)C(=O)C1CCOCC1. The zero-order valence-corrected chi connectivity index (χ0v) is 12.2. The average molecular weight is 268 g/mol. The highest BCUT2D eigenvalue weighted by Crippen LogP contribution is 2.20. The van der Waals surface area contributed by atoms with E-state index in [1.165, 1.54) is 12.8 Å². The van der Waals surface area contributed by atoms with Gasteiger partial charge in [0.2, 0.25) is 5.91 Å². The van der Waals surface area contributed by atoms with Crippen LogP contribution in [0.5, 0.6) is 0 Å². The Hall–Kier alpha value is -0.610. The number of amides is 1. The van der Waals surface area contributed by atoms with Gasteiger partial charge in [0, 0.05) is 32.2 Å². The van der Waals surface area contributed by atoms with Crippen LogP contribution in [0.4, 0.5) is 0 Å². The fraction of sp³-hybridized carbons (Fsp3) is 0.933. The molecule has 1 N–H and O–H groups in total. The van der Waals surface area contributed by atoms with Crippen LogP contribution in [0.1, 0.15) is 39.0 Å². The highest BCUT2D eigenvalue weighted by Gasteiger charge is 2.27. The first-order chi connectivity index (χ1) is 9.31. The molecule has 4 nitrogen and oxygen atoms in total. The van der Waals surface area contributed by atoms with Crippen molar-refractivity contribution in [2.24, 2.45) is 11.8 Å². The molecular formula is C15H28N2O2. The first-order valence-electron chi connectivity index (χ1n) is 7.88. The van der Waals surface area contributed by atoms with Gasteiger partial charge in [0.25, 0.3) is 0 Å². The van der Waals surface area contributed by atoms with Crippen LogP contribution in [0.3, 0.4) is 0 Å². The van der Waals surface area contributed by atoms with Crippen molar-refractivity contribution in [2.75, 3.05) is 39.4 Å². The lowest BCUT2D eigenvalue weighted by atomic mass is 9.94. The van der Waals surface area contributed by atoms with E-state index in [0.717, 1.165) is 58.7 Å². The molecule has 0 aromatic carbocycles. The summed E-state index contributed by atoms with van der Waals surface area (Å²) >= 11 is 0. The van der Waals surface area contributed by atoms with Gasteiger partial charge in [-0.1, -0.05) is 6.92 Å². The molecule has 4 heteroatoms. The third kappa shape index (κ3) is 4.46. The van der Waals surface area contributed by atoms with Gasteiger partial charge in [0.1, 0.15) is 0 Å². The second kappa shape index (κ2) is 7.85. The van der Waals surface area contributed by atoms with Gasteiger partial charge < -0.3 is 15.0 Å². The van der Waals surface area contributed by atoms with Crippen molar-refractivity contribution in [1.29, 1.82) is 0 Å². The van der Waals surface area contributed by atoms with Crippen molar-refractivity contribution < 1.29 is 9.53 Å². The average Bonchev–Trinajstić information content (AvgIpc) is 2.48. The van der Waals surface area contributed by atoms with Crippen LogP contribution < -0.4 is 5.32 Å². The number of piperidine rings is 1. The van der Waals surface area contributed by atoms with E-state index in [4.69, 9.17) is 4.74 Å². The largest absolute Gasteiger partial charge is 0.381 e. The van der Waals surface area contributed by atoms with Crippen molar-refractivity contribution in [1.82, 2.24) is 10.2 Å². The second-order valence-electron chi connectivity index (χ2n) is 5.86.